The number of rotatable bonds is 4. The van der Waals surface area contributed by atoms with Crippen LogP contribution < -0.4 is 0 Å². The van der Waals surface area contributed by atoms with Gasteiger partial charge in [0.1, 0.15) is 0 Å². The van der Waals surface area contributed by atoms with E-state index < -0.39 is 0 Å². The third kappa shape index (κ3) is 3.18. The van der Waals surface area contributed by atoms with Crippen molar-refractivity contribution in [3.8, 4) is 0 Å². The molecule has 26 heavy (non-hydrogen) atoms. The van der Waals surface area contributed by atoms with E-state index in [4.69, 9.17) is 0 Å². The summed E-state index contributed by atoms with van der Waals surface area (Å²) in [5, 5.41) is 0. The van der Waals surface area contributed by atoms with Gasteiger partial charge in [-0.25, -0.2) is 0 Å². The van der Waals surface area contributed by atoms with Crippen LogP contribution in [0.5, 0.6) is 0 Å². The first-order valence-electron chi connectivity index (χ1n) is 9.49. The van der Waals surface area contributed by atoms with Gasteiger partial charge in [-0.3, -0.25) is 9.80 Å². The third-order valence-corrected chi connectivity index (χ3v) is 5.60. The zero-order valence-electron chi connectivity index (χ0n) is 15.1. The van der Waals surface area contributed by atoms with Gasteiger partial charge in [-0.15, -0.1) is 0 Å². The van der Waals surface area contributed by atoms with Crippen molar-refractivity contribution in [1.29, 1.82) is 0 Å². The van der Waals surface area contributed by atoms with Gasteiger partial charge in [0, 0.05) is 39.3 Å². The molecule has 5 rings (SSSR count). The van der Waals surface area contributed by atoms with Crippen molar-refractivity contribution < 1.29 is 0 Å². The minimum atomic E-state index is 1.04. The van der Waals surface area contributed by atoms with E-state index in [1.807, 2.05) is 0 Å². The fourth-order valence-corrected chi connectivity index (χ4v) is 4.36. The maximum absolute atomic E-state index is 2.55. The molecule has 2 heteroatoms. The van der Waals surface area contributed by atoms with Crippen LogP contribution in [0, 0.1) is 0 Å². The van der Waals surface area contributed by atoms with Gasteiger partial charge in [-0.2, -0.15) is 0 Å². The van der Waals surface area contributed by atoms with E-state index in [-0.39, 0.29) is 0 Å². The topological polar surface area (TPSA) is 6.48 Å². The van der Waals surface area contributed by atoms with Crippen LogP contribution in [0.15, 0.2) is 72.8 Å². The monoisotopic (exact) mass is 340 g/mol. The summed E-state index contributed by atoms with van der Waals surface area (Å²) in [5.41, 5.74) is 8.92. The molecule has 2 nitrogen and oxygen atoms in total. The van der Waals surface area contributed by atoms with Gasteiger partial charge in [0.25, 0.3) is 0 Å². The molecular weight excluding hydrogens is 316 g/mol. The lowest BCUT2D eigenvalue weighted by molar-refractivity contribution is 0.271. The molecule has 0 radical (unpaired) electrons. The lowest BCUT2D eigenvalue weighted by atomic mass is 10.0. The predicted octanol–water partition coefficient (Wildman–Crippen LogP) is 4.72. The van der Waals surface area contributed by atoms with Crippen molar-refractivity contribution in [3.05, 3.63) is 106 Å². The number of benzene rings is 3. The van der Waals surface area contributed by atoms with Crippen molar-refractivity contribution in [2.45, 2.75) is 39.3 Å². The molecule has 2 aliphatic rings. The first kappa shape index (κ1) is 15.8. The summed E-state index contributed by atoms with van der Waals surface area (Å²) in [6.07, 6.45) is 0. The largest absolute Gasteiger partial charge is 0.291 e. The highest BCUT2D eigenvalue weighted by Crippen LogP contribution is 2.32. The molecule has 0 bridgehead atoms. The highest BCUT2D eigenvalue weighted by molar-refractivity contribution is 5.42. The molecule has 0 unspecified atom stereocenters. The highest BCUT2D eigenvalue weighted by atomic mass is 15.1. The van der Waals surface area contributed by atoms with Gasteiger partial charge in [-0.1, -0.05) is 72.8 Å². The summed E-state index contributed by atoms with van der Waals surface area (Å²) in [7, 11) is 0. The molecular formula is C24H24N2. The molecule has 0 fully saturated rings. The Balaban J connectivity index is 1.27. The fourth-order valence-electron chi connectivity index (χ4n) is 4.36. The van der Waals surface area contributed by atoms with Crippen LogP contribution in [0.1, 0.15) is 33.4 Å². The zero-order valence-corrected chi connectivity index (χ0v) is 15.1. The molecule has 0 aliphatic carbocycles. The number of hydrogen-bond acceptors (Lipinski definition) is 2. The molecule has 130 valence electrons. The minimum absolute atomic E-state index is 1.04. The summed E-state index contributed by atoms with van der Waals surface area (Å²) in [4.78, 5) is 5.10. The van der Waals surface area contributed by atoms with Crippen molar-refractivity contribution in [1.82, 2.24) is 9.80 Å². The number of nitrogens with zero attached hydrogens (tertiary/aromatic N) is 2. The van der Waals surface area contributed by atoms with E-state index in [0.29, 0.717) is 0 Å². The van der Waals surface area contributed by atoms with Crippen LogP contribution in [0.25, 0.3) is 0 Å². The number of fused-ring (bicyclic) bond motifs is 2. The van der Waals surface area contributed by atoms with Crippen LogP contribution in [0.3, 0.4) is 0 Å². The second-order valence-electron chi connectivity index (χ2n) is 7.65. The SMILES string of the molecule is c1ccc(CN2Cc3cc4c(cc3C2)CN(Cc2ccccc2)C4)cc1. The van der Waals surface area contributed by atoms with Crippen LogP contribution >= 0.6 is 0 Å². The van der Waals surface area contributed by atoms with Crippen LogP contribution in [0.2, 0.25) is 0 Å². The summed E-state index contributed by atoms with van der Waals surface area (Å²) in [6.45, 7) is 6.40. The van der Waals surface area contributed by atoms with E-state index in [0.717, 1.165) is 39.3 Å². The maximum atomic E-state index is 2.55. The standard InChI is InChI=1S/C24H24N2/c1-3-7-19(8-4-1)13-25-15-21-11-23-17-26(14-20-9-5-2-6-10-20)18-24(23)12-22(21)16-25/h1-12H,13-18H2. The van der Waals surface area contributed by atoms with Crippen molar-refractivity contribution in [2.75, 3.05) is 0 Å². The second-order valence-corrected chi connectivity index (χ2v) is 7.65. The van der Waals surface area contributed by atoms with Gasteiger partial charge < -0.3 is 0 Å². The smallest absolute Gasteiger partial charge is 0.0244 e. The van der Waals surface area contributed by atoms with Crippen molar-refractivity contribution in [3.63, 3.8) is 0 Å². The van der Waals surface area contributed by atoms with Crippen LogP contribution in [0.4, 0.5) is 0 Å². The lowest BCUT2D eigenvalue weighted by Crippen LogP contribution is -2.16. The summed E-state index contributed by atoms with van der Waals surface area (Å²) < 4.78 is 0. The first-order valence-corrected chi connectivity index (χ1v) is 9.49. The molecule has 0 saturated heterocycles. The molecule has 2 heterocycles. The normalized spacial score (nSPS) is 16.6. The van der Waals surface area contributed by atoms with Gasteiger partial charge in [-0.05, 0) is 33.4 Å². The van der Waals surface area contributed by atoms with Gasteiger partial charge in [0.15, 0.2) is 0 Å². The Morgan fingerprint density at radius 2 is 0.846 bits per heavy atom. The predicted molar refractivity (Wildman–Crippen MR) is 105 cm³/mol. The zero-order chi connectivity index (χ0) is 17.3. The quantitative estimate of drug-likeness (QED) is 0.678. The highest BCUT2D eigenvalue weighted by Gasteiger charge is 2.25. The molecule has 0 aromatic heterocycles. The Morgan fingerprint density at radius 1 is 0.500 bits per heavy atom. The molecule has 0 atom stereocenters. The fraction of sp³-hybridized carbons (Fsp3) is 0.250. The molecule has 0 amide bonds. The van der Waals surface area contributed by atoms with Crippen molar-refractivity contribution in [2.24, 2.45) is 0 Å². The average Bonchev–Trinajstić information content (AvgIpc) is 3.22. The Labute approximate surface area is 155 Å². The molecule has 2 aliphatic heterocycles. The lowest BCUT2D eigenvalue weighted by Gasteiger charge is -2.15. The molecule has 0 N–H and O–H groups in total. The van der Waals surface area contributed by atoms with Crippen LogP contribution in [-0.2, 0) is 39.3 Å². The summed E-state index contributed by atoms with van der Waals surface area (Å²) >= 11 is 0. The van der Waals surface area contributed by atoms with Crippen molar-refractivity contribution >= 4 is 0 Å². The second kappa shape index (κ2) is 6.71. The first-order chi connectivity index (χ1) is 12.8. The van der Waals surface area contributed by atoms with Gasteiger partial charge in [0.05, 0.1) is 0 Å². The molecule has 3 aromatic rings. The van der Waals surface area contributed by atoms with E-state index in [1.54, 1.807) is 0 Å². The van der Waals surface area contributed by atoms with E-state index in [2.05, 4.69) is 82.6 Å². The Kier molecular flexibility index (Phi) is 4.08. The van der Waals surface area contributed by atoms with E-state index in [1.165, 1.54) is 33.4 Å². The summed E-state index contributed by atoms with van der Waals surface area (Å²) in [6, 6.07) is 26.6. The summed E-state index contributed by atoms with van der Waals surface area (Å²) in [5.74, 6) is 0. The molecule has 0 saturated carbocycles. The number of hydrogen-bond donors (Lipinski definition) is 0. The minimum Gasteiger partial charge on any atom is -0.291 e. The van der Waals surface area contributed by atoms with E-state index >= 15 is 0 Å². The molecule has 0 spiro atoms. The Morgan fingerprint density at radius 3 is 1.19 bits per heavy atom. The molecule has 3 aromatic carbocycles. The van der Waals surface area contributed by atoms with Gasteiger partial charge in [0.2, 0.25) is 0 Å². The van der Waals surface area contributed by atoms with Crippen LogP contribution in [-0.4, -0.2) is 9.80 Å². The average molecular weight is 340 g/mol. The Hall–Kier alpha value is -2.42. The van der Waals surface area contributed by atoms with E-state index in [9.17, 15) is 0 Å². The third-order valence-electron chi connectivity index (χ3n) is 5.60. The maximum Gasteiger partial charge on any atom is 0.0244 e. The Bertz CT molecular complexity index is 795. The van der Waals surface area contributed by atoms with Gasteiger partial charge >= 0.3 is 0 Å².